The van der Waals surface area contributed by atoms with Crippen molar-refractivity contribution in [3.05, 3.63) is 23.8 Å². The van der Waals surface area contributed by atoms with E-state index in [1.807, 2.05) is 26.0 Å². The predicted octanol–water partition coefficient (Wildman–Crippen LogP) is 1.18. The topological polar surface area (TPSA) is 66.6 Å². The monoisotopic (exact) mass is 234 g/mol. The van der Waals surface area contributed by atoms with Crippen molar-refractivity contribution in [1.82, 2.24) is 0 Å². The van der Waals surface area contributed by atoms with Gasteiger partial charge in [-0.1, -0.05) is 13.8 Å². The predicted molar refractivity (Wildman–Crippen MR) is 67.8 cm³/mol. The van der Waals surface area contributed by atoms with Crippen molar-refractivity contribution >= 4 is 17.3 Å². The number of aliphatic hydroxyl groups excluding tert-OH is 1. The summed E-state index contributed by atoms with van der Waals surface area (Å²) in [7, 11) is 0. The zero-order valence-corrected chi connectivity index (χ0v) is 10.2. The molecule has 0 saturated heterocycles. The normalized spacial score (nSPS) is 15.2. The summed E-state index contributed by atoms with van der Waals surface area (Å²) >= 11 is 0. The Hall–Kier alpha value is -1.55. The Morgan fingerprint density at radius 2 is 2.18 bits per heavy atom. The van der Waals surface area contributed by atoms with Gasteiger partial charge in [0.05, 0.1) is 6.42 Å². The number of nitrogens with two attached hydrogens (primary N) is 1. The number of hydrogen-bond donors (Lipinski definition) is 2. The minimum Gasteiger partial charge on any atom is -0.399 e. The Labute approximate surface area is 101 Å². The molecule has 1 aliphatic rings. The molecule has 0 radical (unpaired) electrons. The molecule has 0 saturated carbocycles. The lowest BCUT2D eigenvalue weighted by Crippen LogP contribution is -2.38. The molecule has 1 aromatic rings. The molecule has 1 amide bonds. The van der Waals surface area contributed by atoms with E-state index in [4.69, 9.17) is 5.73 Å². The quantitative estimate of drug-likeness (QED) is 0.772. The summed E-state index contributed by atoms with van der Waals surface area (Å²) in [6.07, 6.45) is 0.405. The molecule has 3 N–H and O–H groups in total. The Kier molecular flexibility index (Phi) is 2.83. The molecule has 1 aromatic carbocycles. The molecule has 0 aliphatic carbocycles. The van der Waals surface area contributed by atoms with Crippen molar-refractivity contribution < 1.29 is 9.90 Å². The molecule has 2 rings (SSSR count). The van der Waals surface area contributed by atoms with Crippen LogP contribution in [-0.2, 0) is 11.2 Å². The number of nitrogens with zero attached hydrogens (tertiary/aromatic N) is 1. The van der Waals surface area contributed by atoms with Crippen LogP contribution in [0.25, 0.3) is 0 Å². The van der Waals surface area contributed by atoms with Gasteiger partial charge in [-0.2, -0.15) is 0 Å². The van der Waals surface area contributed by atoms with E-state index in [0.717, 1.165) is 11.3 Å². The maximum atomic E-state index is 11.9. The van der Waals surface area contributed by atoms with E-state index < -0.39 is 0 Å². The van der Waals surface area contributed by atoms with Crippen LogP contribution < -0.4 is 10.6 Å². The second-order valence-electron chi connectivity index (χ2n) is 5.37. The van der Waals surface area contributed by atoms with Crippen molar-refractivity contribution in [1.29, 1.82) is 0 Å². The van der Waals surface area contributed by atoms with Gasteiger partial charge in [-0.25, -0.2) is 0 Å². The van der Waals surface area contributed by atoms with Crippen LogP contribution in [0.5, 0.6) is 0 Å². The van der Waals surface area contributed by atoms with E-state index in [1.54, 1.807) is 11.0 Å². The van der Waals surface area contributed by atoms with E-state index in [-0.39, 0.29) is 17.9 Å². The fourth-order valence-electron chi connectivity index (χ4n) is 2.05. The number of carbonyl (C=O) groups excluding carboxylic acids is 1. The molecular formula is C13H18N2O2. The lowest BCUT2D eigenvalue weighted by molar-refractivity contribution is -0.117. The average Bonchev–Trinajstić information content (AvgIpc) is 2.54. The number of carbonyl (C=O) groups is 1. The van der Waals surface area contributed by atoms with E-state index >= 15 is 0 Å². The van der Waals surface area contributed by atoms with Crippen molar-refractivity contribution in [3.8, 4) is 0 Å². The van der Waals surface area contributed by atoms with Crippen molar-refractivity contribution in [2.75, 3.05) is 23.8 Å². The number of hydrogen-bond acceptors (Lipinski definition) is 3. The number of benzene rings is 1. The number of rotatable bonds is 3. The molecular weight excluding hydrogens is 216 g/mol. The molecule has 0 unspecified atom stereocenters. The molecule has 1 aliphatic heterocycles. The van der Waals surface area contributed by atoms with Crippen LogP contribution in [0.4, 0.5) is 11.4 Å². The highest BCUT2D eigenvalue weighted by Gasteiger charge is 2.31. The summed E-state index contributed by atoms with van der Waals surface area (Å²) in [5.41, 5.74) is 7.99. The smallest absolute Gasteiger partial charge is 0.231 e. The van der Waals surface area contributed by atoms with Gasteiger partial charge in [0, 0.05) is 29.9 Å². The number of aliphatic hydroxyl groups is 1. The number of fused-ring (bicyclic) bond motifs is 1. The van der Waals surface area contributed by atoms with Crippen LogP contribution in [0.1, 0.15) is 19.4 Å². The summed E-state index contributed by atoms with van der Waals surface area (Å²) < 4.78 is 0. The van der Waals surface area contributed by atoms with E-state index in [9.17, 15) is 9.90 Å². The average molecular weight is 234 g/mol. The maximum absolute atomic E-state index is 11.9. The van der Waals surface area contributed by atoms with Crippen LogP contribution in [0, 0.1) is 5.41 Å². The third-order valence-corrected chi connectivity index (χ3v) is 3.05. The van der Waals surface area contributed by atoms with Gasteiger partial charge >= 0.3 is 0 Å². The van der Waals surface area contributed by atoms with Crippen LogP contribution in [0.15, 0.2) is 18.2 Å². The zero-order chi connectivity index (χ0) is 12.6. The third kappa shape index (κ3) is 2.26. The first kappa shape index (κ1) is 11.9. The van der Waals surface area contributed by atoms with Crippen LogP contribution >= 0.6 is 0 Å². The molecule has 0 bridgehead atoms. The molecule has 1 heterocycles. The first-order valence-electron chi connectivity index (χ1n) is 5.72. The highest BCUT2D eigenvalue weighted by atomic mass is 16.3. The van der Waals surface area contributed by atoms with Crippen molar-refractivity contribution in [2.24, 2.45) is 5.41 Å². The molecule has 17 heavy (non-hydrogen) atoms. The summed E-state index contributed by atoms with van der Waals surface area (Å²) in [5, 5.41) is 9.27. The van der Waals surface area contributed by atoms with Gasteiger partial charge in [0.2, 0.25) is 5.91 Å². The molecule has 4 nitrogen and oxygen atoms in total. The molecule has 4 heteroatoms. The maximum Gasteiger partial charge on any atom is 0.231 e. The standard InChI is InChI=1S/C13H18N2O2/c1-13(2,8-16)7-15-11-4-3-10(14)5-9(11)6-12(15)17/h3-5,16H,6-8,14H2,1-2H3. The van der Waals surface area contributed by atoms with Crippen molar-refractivity contribution in [3.63, 3.8) is 0 Å². The molecule has 0 fully saturated rings. The highest BCUT2D eigenvalue weighted by molar-refractivity contribution is 6.01. The van der Waals surface area contributed by atoms with Gasteiger partial charge in [0.1, 0.15) is 0 Å². The second kappa shape index (κ2) is 4.04. The number of nitrogen functional groups attached to an aromatic ring is 1. The molecule has 92 valence electrons. The SMILES string of the molecule is CC(C)(CO)CN1C(=O)Cc2cc(N)ccc21. The van der Waals surface area contributed by atoms with Crippen molar-refractivity contribution in [2.45, 2.75) is 20.3 Å². The minimum absolute atomic E-state index is 0.0566. The van der Waals surface area contributed by atoms with Gasteiger partial charge in [-0.05, 0) is 23.8 Å². The largest absolute Gasteiger partial charge is 0.399 e. The van der Waals surface area contributed by atoms with E-state index in [1.165, 1.54) is 0 Å². The molecule has 0 atom stereocenters. The summed E-state index contributed by atoms with van der Waals surface area (Å²) in [6.45, 7) is 4.46. The van der Waals surface area contributed by atoms with Gasteiger partial charge in [-0.3, -0.25) is 4.79 Å². The first-order chi connectivity index (χ1) is 7.93. The Bertz CT molecular complexity index is 455. The zero-order valence-electron chi connectivity index (χ0n) is 10.2. The summed E-state index contributed by atoms with van der Waals surface area (Å²) in [6, 6.07) is 5.53. The van der Waals surface area contributed by atoms with Crippen LogP contribution in [-0.4, -0.2) is 24.2 Å². The first-order valence-corrected chi connectivity index (χ1v) is 5.72. The third-order valence-electron chi connectivity index (χ3n) is 3.05. The van der Waals surface area contributed by atoms with E-state index in [0.29, 0.717) is 18.7 Å². The van der Waals surface area contributed by atoms with Crippen LogP contribution in [0.3, 0.4) is 0 Å². The molecule has 0 aromatic heterocycles. The lowest BCUT2D eigenvalue weighted by Gasteiger charge is -2.28. The van der Waals surface area contributed by atoms with Gasteiger partial charge in [-0.15, -0.1) is 0 Å². The Morgan fingerprint density at radius 1 is 1.47 bits per heavy atom. The Morgan fingerprint density at radius 3 is 2.82 bits per heavy atom. The van der Waals surface area contributed by atoms with Gasteiger partial charge < -0.3 is 15.7 Å². The van der Waals surface area contributed by atoms with Crippen LogP contribution in [0.2, 0.25) is 0 Å². The number of anilines is 2. The van der Waals surface area contributed by atoms with Gasteiger partial charge in [0.25, 0.3) is 0 Å². The fourth-order valence-corrected chi connectivity index (χ4v) is 2.05. The summed E-state index contributed by atoms with van der Waals surface area (Å²) in [4.78, 5) is 13.7. The second-order valence-corrected chi connectivity index (χ2v) is 5.37. The minimum atomic E-state index is -0.293. The Balaban J connectivity index is 2.29. The fraction of sp³-hybridized carbons (Fsp3) is 0.462. The lowest BCUT2D eigenvalue weighted by atomic mass is 9.94. The highest BCUT2D eigenvalue weighted by Crippen LogP contribution is 2.32. The van der Waals surface area contributed by atoms with Gasteiger partial charge in [0.15, 0.2) is 0 Å². The summed E-state index contributed by atoms with van der Waals surface area (Å²) in [5.74, 6) is 0.0760. The number of amides is 1. The van der Waals surface area contributed by atoms with E-state index in [2.05, 4.69) is 0 Å². The molecule has 0 spiro atoms.